The number of pyridine rings is 1. The van der Waals surface area contributed by atoms with Gasteiger partial charge in [0.25, 0.3) is 0 Å². The van der Waals surface area contributed by atoms with Crippen molar-refractivity contribution < 1.29 is 22.3 Å². The molecule has 9 nitrogen and oxygen atoms in total. The Balaban J connectivity index is 1.55. The van der Waals surface area contributed by atoms with E-state index < -0.39 is 10.0 Å². The number of aromatic nitrogens is 1. The lowest BCUT2D eigenvalue weighted by molar-refractivity contribution is 0.340. The van der Waals surface area contributed by atoms with Gasteiger partial charge in [0, 0.05) is 23.5 Å². The molecular formula is C28H28N4O5S2. The van der Waals surface area contributed by atoms with E-state index in [1.165, 1.54) is 7.11 Å². The van der Waals surface area contributed by atoms with Gasteiger partial charge >= 0.3 is 0 Å². The van der Waals surface area contributed by atoms with Crippen molar-refractivity contribution in [2.75, 3.05) is 29.6 Å². The van der Waals surface area contributed by atoms with Gasteiger partial charge in [-0.2, -0.15) is 0 Å². The minimum absolute atomic E-state index is 0.308. The summed E-state index contributed by atoms with van der Waals surface area (Å²) in [4.78, 5) is 6.51. The van der Waals surface area contributed by atoms with Crippen molar-refractivity contribution in [3.63, 3.8) is 0 Å². The smallest absolute Gasteiger partial charge is 0.229 e. The molecule has 202 valence electrons. The average Bonchev–Trinajstić information content (AvgIpc) is 3.54. The molecule has 11 heteroatoms. The first-order valence-corrected chi connectivity index (χ1v) is 14.6. The maximum Gasteiger partial charge on any atom is 0.229 e. The Bertz CT molecular complexity index is 1570. The summed E-state index contributed by atoms with van der Waals surface area (Å²) in [5, 5.41) is 3.87. The lowest BCUT2D eigenvalue weighted by atomic mass is 10.0. The molecule has 0 radical (unpaired) electrons. The van der Waals surface area contributed by atoms with Crippen LogP contribution < -0.4 is 24.4 Å². The molecule has 1 fully saturated rings. The molecule has 0 unspecified atom stereocenters. The fraction of sp³-hybridized carbons (Fsp3) is 0.214. The van der Waals surface area contributed by atoms with E-state index in [0.29, 0.717) is 40.4 Å². The van der Waals surface area contributed by atoms with Crippen molar-refractivity contribution in [3.05, 3.63) is 90.4 Å². The van der Waals surface area contributed by atoms with Gasteiger partial charge in [-0.3, -0.25) is 9.71 Å². The summed E-state index contributed by atoms with van der Waals surface area (Å²) in [5.74, 6) is 2.54. The molecule has 1 aliphatic heterocycles. The molecule has 1 aliphatic rings. The van der Waals surface area contributed by atoms with Gasteiger partial charge in [-0.05, 0) is 79.8 Å². The van der Waals surface area contributed by atoms with Crippen LogP contribution in [0.15, 0.2) is 83.4 Å². The summed E-state index contributed by atoms with van der Waals surface area (Å²) in [5.41, 5.74) is 2.74. The summed E-state index contributed by atoms with van der Waals surface area (Å²) in [6.07, 6.45) is 2.83. The Labute approximate surface area is 232 Å². The van der Waals surface area contributed by atoms with E-state index in [1.807, 2.05) is 66.4 Å². The molecule has 2 N–H and O–H groups in total. The Kier molecular flexibility index (Phi) is 7.45. The van der Waals surface area contributed by atoms with E-state index in [4.69, 9.17) is 26.1 Å². The Morgan fingerprint density at radius 3 is 2.56 bits per heavy atom. The minimum atomic E-state index is -3.49. The Morgan fingerprint density at radius 1 is 1.10 bits per heavy atom. The van der Waals surface area contributed by atoms with E-state index in [9.17, 15) is 8.42 Å². The second-order valence-electron chi connectivity index (χ2n) is 8.91. The molecule has 0 bridgehead atoms. The predicted molar refractivity (Wildman–Crippen MR) is 155 cm³/mol. The first-order chi connectivity index (χ1) is 18.8. The van der Waals surface area contributed by atoms with Crippen LogP contribution in [0.1, 0.15) is 30.5 Å². The van der Waals surface area contributed by atoms with Gasteiger partial charge in [0.15, 0.2) is 5.11 Å². The SMILES string of the molecule is CCOc1ccc(-c2ccc([C@H]3[C@H](c4ccccn4)NC(=S)N3c3ccc(NS(C)(=O)=O)c(OC)c3)o2)cc1. The number of methoxy groups -OCH3 is 1. The number of sulfonamides is 1. The molecule has 3 heterocycles. The number of thiocarbonyl (C=S) groups is 1. The molecule has 0 aliphatic carbocycles. The molecule has 4 aromatic rings. The monoisotopic (exact) mass is 564 g/mol. The highest BCUT2D eigenvalue weighted by Crippen LogP contribution is 2.44. The highest BCUT2D eigenvalue weighted by molar-refractivity contribution is 7.92. The molecule has 0 saturated carbocycles. The van der Waals surface area contributed by atoms with Crippen LogP contribution in [0.2, 0.25) is 0 Å². The van der Waals surface area contributed by atoms with E-state index in [2.05, 4.69) is 15.0 Å². The van der Waals surface area contributed by atoms with Crippen LogP contribution in [0.4, 0.5) is 11.4 Å². The molecule has 5 rings (SSSR count). The fourth-order valence-electron chi connectivity index (χ4n) is 4.58. The first-order valence-electron chi connectivity index (χ1n) is 12.3. The molecule has 39 heavy (non-hydrogen) atoms. The summed E-state index contributed by atoms with van der Waals surface area (Å²) in [7, 11) is -2.01. The lowest BCUT2D eigenvalue weighted by Crippen LogP contribution is -2.29. The van der Waals surface area contributed by atoms with Crippen LogP contribution in [0.5, 0.6) is 11.5 Å². The topological polar surface area (TPSA) is 106 Å². The van der Waals surface area contributed by atoms with Gasteiger partial charge in [-0.25, -0.2) is 8.42 Å². The standard InChI is InChI=1S/C28H28N4O5S2/c1-4-36-20-11-8-18(9-12-20)23-14-15-24(37-23)27-26(22-7-5-6-16-29-22)30-28(38)32(27)19-10-13-21(25(17-19)35-2)31-39(3,33)34/h5-17,26-27,31H,4H2,1-3H3,(H,30,38)/t26-,27-/m0/s1. The van der Waals surface area contributed by atoms with E-state index in [0.717, 1.165) is 23.3 Å². The summed E-state index contributed by atoms with van der Waals surface area (Å²) < 4.78 is 43.6. The second-order valence-corrected chi connectivity index (χ2v) is 11.0. The van der Waals surface area contributed by atoms with Crippen molar-refractivity contribution in [3.8, 4) is 22.8 Å². The number of nitrogens with zero attached hydrogens (tertiary/aromatic N) is 2. The van der Waals surface area contributed by atoms with E-state index in [1.54, 1.807) is 24.4 Å². The number of ether oxygens (including phenoxy) is 2. The Hall–Kier alpha value is -4.09. The third-order valence-electron chi connectivity index (χ3n) is 6.22. The second kappa shape index (κ2) is 11.0. The number of hydrogen-bond donors (Lipinski definition) is 2. The van der Waals surface area contributed by atoms with Crippen molar-refractivity contribution >= 4 is 38.7 Å². The molecule has 1 saturated heterocycles. The summed E-state index contributed by atoms with van der Waals surface area (Å²) in [6, 6.07) is 21.8. The van der Waals surface area contributed by atoms with Crippen LogP contribution >= 0.6 is 12.2 Å². The zero-order chi connectivity index (χ0) is 27.6. The van der Waals surface area contributed by atoms with Crippen LogP contribution in [0, 0.1) is 0 Å². The number of hydrogen-bond acceptors (Lipinski definition) is 7. The molecule has 0 spiro atoms. The molecule has 0 amide bonds. The number of anilines is 2. The van der Waals surface area contributed by atoms with Crippen molar-refractivity contribution in [1.29, 1.82) is 0 Å². The fourth-order valence-corrected chi connectivity index (χ4v) is 5.50. The number of benzene rings is 2. The normalized spacial score (nSPS) is 17.1. The highest BCUT2D eigenvalue weighted by atomic mass is 32.2. The van der Waals surface area contributed by atoms with Gasteiger partial charge < -0.3 is 24.1 Å². The highest BCUT2D eigenvalue weighted by Gasteiger charge is 2.42. The lowest BCUT2D eigenvalue weighted by Gasteiger charge is -2.27. The van der Waals surface area contributed by atoms with Crippen LogP contribution in [-0.2, 0) is 10.0 Å². The van der Waals surface area contributed by atoms with E-state index >= 15 is 0 Å². The molecular weight excluding hydrogens is 536 g/mol. The third-order valence-corrected chi connectivity index (χ3v) is 7.13. The third kappa shape index (κ3) is 5.69. The number of rotatable bonds is 9. The van der Waals surface area contributed by atoms with Crippen LogP contribution in [0.25, 0.3) is 11.3 Å². The van der Waals surface area contributed by atoms with Gasteiger partial charge in [0.05, 0.1) is 37.4 Å². The average molecular weight is 565 g/mol. The van der Waals surface area contributed by atoms with Gasteiger partial charge in [-0.15, -0.1) is 0 Å². The number of furan rings is 1. The van der Waals surface area contributed by atoms with Gasteiger partial charge in [-0.1, -0.05) is 6.07 Å². The molecule has 2 aromatic heterocycles. The van der Waals surface area contributed by atoms with Crippen LogP contribution in [-0.4, -0.2) is 38.5 Å². The predicted octanol–water partition coefficient (Wildman–Crippen LogP) is 5.30. The Morgan fingerprint density at radius 2 is 1.90 bits per heavy atom. The van der Waals surface area contributed by atoms with Gasteiger partial charge in [0.1, 0.15) is 29.1 Å². The summed E-state index contributed by atoms with van der Waals surface area (Å²) >= 11 is 5.80. The van der Waals surface area contributed by atoms with Crippen molar-refractivity contribution in [1.82, 2.24) is 10.3 Å². The number of nitrogens with one attached hydrogen (secondary N) is 2. The van der Waals surface area contributed by atoms with E-state index in [-0.39, 0.29) is 12.1 Å². The maximum atomic E-state index is 11.8. The van der Waals surface area contributed by atoms with Gasteiger partial charge in [0.2, 0.25) is 10.0 Å². The van der Waals surface area contributed by atoms with Crippen molar-refractivity contribution in [2.24, 2.45) is 0 Å². The molecule has 2 aromatic carbocycles. The minimum Gasteiger partial charge on any atom is -0.494 e. The zero-order valence-electron chi connectivity index (χ0n) is 21.6. The maximum absolute atomic E-state index is 11.8. The first kappa shape index (κ1) is 26.5. The zero-order valence-corrected chi connectivity index (χ0v) is 23.3. The van der Waals surface area contributed by atoms with Crippen LogP contribution in [0.3, 0.4) is 0 Å². The van der Waals surface area contributed by atoms with Crippen molar-refractivity contribution in [2.45, 2.75) is 19.0 Å². The largest absolute Gasteiger partial charge is 0.494 e. The summed E-state index contributed by atoms with van der Waals surface area (Å²) in [6.45, 7) is 2.54. The quantitative estimate of drug-likeness (QED) is 0.262. The molecule has 2 atom stereocenters.